The van der Waals surface area contributed by atoms with Crippen LogP contribution in [0.5, 0.6) is 57.5 Å². The summed E-state index contributed by atoms with van der Waals surface area (Å²) in [6, 6.07) is 75.6. The maximum Gasteiger partial charge on any atom is 0.410 e. The largest absolute Gasteiger partial charge is 0.480 e. The summed E-state index contributed by atoms with van der Waals surface area (Å²) in [5.41, 5.74) is 0.862. The molecule has 5 aliphatic heterocycles. The third-order valence-corrected chi connectivity index (χ3v) is 37.9. The molecule has 792 valence electrons. The van der Waals surface area contributed by atoms with Gasteiger partial charge in [-0.2, -0.15) is 0 Å². The highest BCUT2D eigenvalue weighted by molar-refractivity contribution is 7.95. The summed E-state index contributed by atoms with van der Waals surface area (Å²) in [6.07, 6.45) is 15.9. The zero-order valence-corrected chi connectivity index (χ0v) is 88.3. The van der Waals surface area contributed by atoms with Crippen molar-refractivity contribution in [2.45, 2.75) is 160 Å². The van der Waals surface area contributed by atoms with Crippen LogP contribution in [0.15, 0.2) is 297 Å². The summed E-state index contributed by atoms with van der Waals surface area (Å²) < 4.78 is 177. The molecular formula is C110H123ClN6O27S5. The van der Waals surface area contributed by atoms with Gasteiger partial charge in [0.1, 0.15) is 63.1 Å². The molecule has 0 saturated carbocycles. The number of carboxylic acids is 1. The van der Waals surface area contributed by atoms with Crippen molar-refractivity contribution < 1.29 is 124 Å². The van der Waals surface area contributed by atoms with Crippen LogP contribution in [-0.4, -0.2) is 242 Å². The van der Waals surface area contributed by atoms with Crippen LogP contribution in [-0.2, 0) is 92.1 Å². The van der Waals surface area contributed by atoms with E-state index in [1.54, 1.807) is 193 Å². The maximum atomic E-state index is 13.8. The van der Waals surface area contributed by atoms with Gasteiger partial charge in [-0.05, 0) is 270 Å². The second-order valence-electron chi connectivity index (χ2n) is 36.0. The van der Waals surface area contributed by atoms with Gasteiger partial charge in [-0.1, -0.05) is 139 Å². The molecule has 149 heavy (non-hydrogen) atoms. The van der Waals surface area contributed by atoms with Crippen LogP contribution in [0, 0.1) is 37.0 Å². The molecule has 5 heterocycles. The summed E-state index contributed by atoms with van der Waals surface area (Å²) in [4.78, 5) is 82.8. The van der Waals surface area contributed by atoms with Gasteiger partial charge in [0.25, 0.3) is 5.91 Å². The quantitative estimate of drug-likeness (QED) is 0.0103. The summed E-state index contributed by atoms with van der Waals surface area (Å²) in [6.45, 7) is 14.8. The molecule has 4 N–H and O–H groups in total. The number of piperidine rings is 5. The van der Waals surface area contributed by atoms with Gasteiger partial charge in [0.05, 0.1) is 63.9 Å². The highest BCUT2D eigenvalue weighted by atomic mass is 35.5. The fraction of sp³-hybridized carbons (Fsp3) is 0.345. The Balaban J connectivity index is 0.000000190. The Kier molecular flexibility index (Phi) is 41.7. The van der Waals surface area contributed by atoms with Crippen LogP contribution in [0.25, 0.3) is 0 Å². The minimum Gasteiger partial charge on any atom is -0.480 e. The van der Waals surface area contributed by atoms with Gasteiger partial charge < -0.3 is 58.0 Å². The lowest BCUT2D eigenvalue weighted by molar-refractivity contribution is -0.148. The highest BCUT2D eigenvalue weighted by Crippen LogP contribution is 2.45. The average molecular weight is 2160 g/mol. The number of benzene rings is 10. The third-order valence-electron chi connectivity index (χ3n) is 25.5. The molecule has 0 aliphatic carbocycles. The molecule has 15 rings (SSSR count). The number of carbonyl (C=O) groups excluding carboxylic acids is 5. The molecule has 10 aromatic rings. The first-order valence-corrected chi connectivity index (χ1v) is 55.4. The van der Waals surface area contributed by atoms with Crippen molar-refractivity contribution in [3.05, 3.63) is 273 Å². The van der Waals surface area contributed by atoms with Crippen molar-refractivity contribution in [3.8, 4) is 94.5 Å². The topological polar surface area (TPSA) is 434 Å². The summed E-state index contributed by atoms with van der Waals surface area (Å²) >= 11 is 0. The molecule has 0 aromatic heterocycles. The Morgan fingerprint density at radius 2 is 0.557 bits per heavy atom. The number of amides is 2. The van der Waals surface area contributed by atoms with E-state index in [-0.39, 0.29) is 134 Å². The van der Waals surface area contributed by atoms with Crippen LogP contribution in [0.1, 0.15) is 106 Å². The number of hydroxylamine groups is 1. The number of hydrogen-bond donors (Lipinski definition) is 4. The lowest BCUT2D eigenvalue weighted by atomic mass is 9.95. The standard InChI is InChI=1S/C25H31NO7S.C23H25NO5S.C21H22N2O5S.C21H21NO5S.C20H23NO5S.ClH/c1-5-31-22(27)25(14-16-26(17-15-25)23(28)33-24(2,3)4)34(29,30)21-13-9-12-20(18-21)32-19-10-7-6-8-11-19;1-3-15-24-16-13-23(14-17-24,22(25)28-4-2)30(26,27)21-12-8-11-20(18-21)29-19-9-6-5-7-10-19;1-2-13-23-14-11-21(12-15-23,20(24)22-25)29(26,27)19-10-6-9-18(16-19)28-17-7-4-3-5-8-17;1-2-13-22-14-11-21(12-15-22,20(23)24)28(25,26)19-10-6-9-18(16-19)27-17-7-4-3-5-8-17;1-2-25-19(22)20(11-13-21-14-12-20)27(23,24)18-10-6-9-17(15-18)26-16-7-4-3-5-8-16;/h6-13,18H,5,14-17H2,1-4H3;1,5-12,18H,4,13-17H2,2H3;1,3-10,16,25H,11-15H2,(H,22,24);1,3-10,16H,11-15H2,(H,23,24);3-10,15,21H,2,11-14H2,1H3;1H. The number of hydrogen-bond acceptors (Lipinski definition) is 30. The number of nitrogens with zero attached hydrogens (tertiary/aromatic N) is 4. The first kappa shape index (κ1) is 117. The number of carbonyl (C=O) groups is 6. The molecule has 0 radical (unpaired) electrons. The zero-order valence-electron chi connectivity index (χ0n) is 83.4. The van der Waals surface area contributed by atoms with Crippen LogP contribution in [0.3, 0.4) is 0 Å². The Morgan fingerprint density at radius 3 is 0.792 bits per heavy atom. The van der Waals surface area contributed by atoms with Gasteiger partial charge in [0.2, 0.25) is 0 Å². The predicted octanol–water partition coefficient (Wildman–Crippen LogP) is 16.3. The highest BCUT2D eigenvalue weighted by Gasteiger charge is 2.59. The fourth-order valence-electron chi connectivity index (χ4n) is 17.4. The molecule has 5 saturated heterocycles. The normalized spacial score (nSPS) is 16.3. The van der Waals surface area contributed by atoms with Gasteiger partial charge in [-0.25, -0.2) is 52.4 Å². The number of nitrogens with one attached hydrogen (secondary N) is 2. The number of halogens is 1. The van der Waals surface area contributed by atoms with Crippen molar-refractivity contribution >= 4 is 97.5 Å². The van der Waals surface area contributed by atoms with Crippen molar-refractivity contribution in [3.63, 3.8) is 0 Å². The number of ether oxygens (including phenoxy) is 9. The van der Waals surface area contributed by atoms with Gasteiger partial charge in [0.15, 0.2) is 72.9 Å². The maximum absolute atomic E-state index is 13.8. The number of esters is 3. The molecule has 0 atom stereocenters. The van der Waals surface area contributed by atoms with Gasteiger partial charge in [-0.3, -0.25) is 43.9 Å². The first-order valence-electron chi connectivity index (χ1n) is 48.0. The van der Waals surface area contributed by atoms with E-state index >= 15 is 0 Å². The lowest BCUT2D eigenvalue weighted by Crippen LogP contribution is -2.57. The molecule has 0 bridgehead atoms. The van der Waals surface area contributed by atoms with Crippen LogP contribution in [0.4, 0.5) is 4.79 Å². The molecule has 5 aliphatic rings. The van der Waals surface area contributed by atoms with E-state index < -0.39 is 114 Å². The smallest absolute Gasteiger partial charge is 0.410 e. The minimum atomic E-state index is -4.18. The van der Waals surface area contributed by atoms with Crippen molar-refractivity contribution in [1.82, 2.24) is 30.4 Å². The van der Waals surface area contributed by atoms with Crippen LogP contribution < -0.4 is 34.5 Å². The number of para-hydroxylation sites is 5. The van der Waals surface area contributed by atoms with Crippen LogP contribution in [0.2, 0.25) is 0 Å². The Bertz CT molecular complexity index is 6960. The number of carboxylic acid groups (broad SMARTS) is 1. The van der Waals surface area contributed by atoms with Crippen molar-refractivity contribution in [1.29, 1.82) is 0 Å². The monoisotopic (exact) mass is 2150 g/mol. The number of aliphatic carboxylic acids is 1. The average Bonchev–Trinajstić information content (AvgIpc) is 0.733. The number of sulfone groups is 5. The molecule has 33 nitrogen and oxygen atoms in total. The summed E-state index contributed by atoms with van der Waals surface area (Å²) in [5.74, 6) is 7.78. The summed E-state index contributed by atoms with van der Waals surface area (Å²) in [5, 5.41) is 22.2. The van der Waals surface area contributed by atoms with Crippen molar-refractivity contribution in [2.24, 2.45) is 0 Å². The summed E-state index contributed by atoms with van der Waals surface area (Å²) in [7, 11) is -20.4. The molecule has 0 spiro atoms. The second kappa shape index (κ2) is 53.0. The number of rotatable bonds is 31. The third kappa shape index (κ3) is 28.3. The number of terminal acetylenes is 3. The van der Waals surface area contributed by atoms with Gasteiger partial charge >= 0.3 is 30.0 Å². The first-order chi connectivity index (χ1) is 70.7. The molecule has 2 amide bonds. The molecule has 39 heteroatoms. The van der Waals surface area contributed by atoms with E-state index in [9.17, 15) is 81.2 Å². The lowest BCUT2D eigenvalue weighted by Gasteiger charge is -2.39. The molecule has 5 fully saturated rings. The van der Waals surface area contributed by atoms with E-state index in [1.807, 2.05) is 81.4 Å². The molecule has 0 unspecified atom stereocenters. The molecular weight excluding hydrogens is 2030 g/mol. The van der Waals surface area contributed by atoms with E-state index in [2.05, 4.69) is 23.1 Å². The van der Waals surface area contributed by atoms with Crippen molar-refractivity contribution in [2.75, 3.05) is 105 Å². The Hall–Kier alpha value is -13.7. The second-order valence-corrected chi connectivity index (χ2v) is 47.3. The van der Waals surface area contributed by atoms with E-state index in [1.165, 1.54) is 65.6 Å². The van der Waals surface area contributed by atoms with Gasteiger partial charge in [0, 0.05) is 52.4 Å². The SMILES string of the molecule is C#CCN1CCC(C(=O)NO)(S(=O)(=O)c2cccc(Oc3ccccc3)c2)CC1.C#CCN1CCC(C(=O)O)(S(=O)(=O)c2cccc(Oc3ccccc3)c2)CC1.C#CCN1CCC(C(=O)OCC)(S(=O)(=O)c2cccc(Oc3ccccc3)c2)CC1.CCOC(=O)C1(S(=O)(=O)c2cccc(Oc3ccccc3)c2)CCN(C(=O)OC(C)(C)C)CC1.CCOC(=O)C1(S(=O)(=O)c2cccc(Oc3ccccc3)c2)CCNCC1.Cl. The van der Waals surface area contributed by atoms with Gasteiger partial charge in [-0.15, -0.1) is 31.7 Å². The minimum absolute atomic E-state index is 0. The van der Waals surface area contributed by atoms with E-state index in [4.69, 9.17) is 61.9 Å². The molecule has 10 aromatic carbocycles. The Labute approximate surface area is 877 Å². The van der Waals surface area contributed by atoms with E-state index in [0.29, 0.717) is 129 Å². The fourth-order valence-corrected chi connectivity index (χ4v) is 27.3. The Morgan fingerprint density at radius 1 is 0.336 bits per heavy atom. The number of likely N-dealkylation sites (tertiary alicyclic amines) is 4. The zero-order chi connectivity index (χ0) is 107. The predicted molar refractivity (Wildman–Crippen MR) is 562 cm³/mol. The van der Waals surface area contributed by atoms with E-state index in [0.717, 1.165) is 0 Å². The van der Waals surface area contributed by atoms with Crippen LogP contribution >= 0.6 is 12.4 Å².